The molecule has 8 atom stereocenters. The summed E-state index contributed by atoms with van der Waals surface area (Å²) in [7, 11) is 0. The number of aliphatic carboxylic acids is 1. The quantitative estimate of drug-likeness (QED) is 0.278. The second-order valence-corrected chi connectivity index (χ2v) is 12.0. The maximum atomic E-state index is 14.6. The number of anilines is 2. The van der Waals surface area contributed by atoms with Crippen LogP contribution in [0.1, 0.15) is 40.5 Å². The first-order valence-corrected chi connectivity index (χ1v) is 14.8. The van der Waals surface area contributed by atoms with Crippen molar-refractivity contribution in [3.8, 4) is 0 Å². The number of carboxylic acids is 1. The van der Waals surface area contributed by atoms with Crippen LogP contribution in [0.5, 0.6) is 0 Å². The Balaban J connectivity index is 1.82. The number of ether oxygens (including phenoxy) is 1. The summed E-state index contributed by atoms with van der Waals surface area (Å²) in [5, 5.41) is 20.6. The minimum Gasteiger partial charge on any atom is -0.481 e. The smallest absolute Gasteiger partial charge is 0.310 e. The van der Waals surface area contributed by atoms with Crippen molar-refractivity contribution in [3.63, 3.8) is 0 Å². The van der Waals surface area contributed by atoms with Crippen molar-refractivity contribution in [1.29, 1.82) is 0 Å². The van der Waals surface area contributed by atoms with Crippen molar-refractivity contribution < 1.29 is 29.3 Å². The molecule has 0 saturated carbocycles. The van der Waals surface area contributed by atoms with Gasteiger partial charge in [-0.2, -0.15) is 0 Å². The number of carboxylic acid groups (broad SMARTS) is 1. The van der Waals surface area contributed by atoms with Gasteiger partial charge >= 0.3 is 5.97 Å². The maximum absolute atomic E-state index is 14.6. The van der Waals surface area contributed by atoms with Crippen LogP contribution in [0.15, 0.2) is 36.9 Å². The van der Waals surface area contributed by atoms with Crippen LogP contribution in [-0.2, 0) is 19.1 Å². The number of carbonyl (C=O) groups is 3. The molecule has 3 saturated heterocycles. The van der Waals surface area contributed by atoms with Crippen LogP contribution in [0.25, 0.3) is 0 Å². The Morgan fingerprint density at radius 3 is 2.36 bits per heavy atom. The van der Waals surface area contributed by atoms with E-state index in [0.29, 0.717) is 18.5 Å². The average Bonchev–Trinajstić information content (AvgIpc) is 3.52. The molecule has 10 heteroatoms. The molecule has 2 N–H and O–H groups in total. The Kier molecular flexibility index (Phi) is 8.78. The highest BCUT2D eigenvalue weighted by molar-refractivity contribution is 9.09. The zero-order chi connectivity index (χ0) is 28.6. The number of alkyl halides is 1. The van der Waals surface area contributed by atoms with Crippen molar-refractivity contribution in [1.82, 2.24) is 4.90 Å². The number of benzene rings is 1. The largest absolute Gasteiger partial charge is 0.481 e. The summed E-state index contributed by atoms with van der Waals surface area (Å²) in [6, 6.07) is 5.95. The van der Waals surface area contributed by atoms with Gasteiger partial charge in [0.2, 0.25) is 5.91 Å². The van der Waals surface area contributed by atoms with Gasteiger partial charge in [0.25, 0.3) is 5.91 Å². The molecule has 2 amide bonds. The first kappa shape index (κ1) is 29.6. The molecule has 39 heavy (non-hydrogen) atoms. The molecule has 3 aliphatic rings. The van der Waals surface area contributed by atoms with Crippen LogP contribution < -0.4 is 9.80 Å². The predicted octanol–water partition coefficient (Wildman–Crippen LogP) is 3.29. The third-order valence-corrected chi connectivity index (χ3v) is 9.80. The second kappa shape index (κ2) is 11.6. The van der Waals surface area contributed by atoms with Gasteiger partial charge in [0, 0.05) is 35.8 Å². The summed E-state index contributed by atoms with van der Waals surface area (Å²) >= 11 is 3.58. The molecule has 3 fully saturated rings. The van der Waals surface area contributed by atoms with Crippen molar-refractivity contribution in [2.24, 2.45) is 17.8 Å². The van der Waals surface area contributed by atoms with Gasteiger partial charge in [-0.3, -0.25) is 14.4 Å². The summed E-state index contributed by atoms with van der Waals surface area (Å²) in [5.41, 5.74) is 0.370. The molecule has 3 aliphatic heterocycles. The number of amides is 2. The van der Waals surface area contributed by atoms with E-state index in [1.165, 1.54) is 4.90 Å². The molecule has 3 heterocycles. The second-order valence-electron chi connectivity index (χ2n) is 10.8. The molecule has 2 bridgehead atoms. The fourth-order valence-corrected chi connectivity index (χ4v) is 7.77. The van der Waals surface area contributed by atoms with Crippen LogP contribution in [-0.4, -0.2) is 87.8 Å². The van der Waals surface area contributed by atoms with Crippen molar-refractivity contribution in [3.05, 3.63) is 36.9 Å². The zero-order valence-corrected chi connectivity index (χ0v) is 24.7. The number of likely N-dealkylation sites (tertiary alicyclic amines) is 1. The molecule has 9 nitrogen and oxygen atoms in total. The summed E-state index contributed by atoms with van der Waals surface area (Å²) in [6.45, 7) is 13.5. The third-order valence-electron chi connectivity index (χ3n) is 8.96. The van der Waals surface area contributed by atoms with Gasteiger partial charge in [0.15, 0.2) is 0 Å². The van der Waals surface area contributed by atoms with Gasteiger partial charge in [-0.1, -0.05) is 42.3 Å². The van der Waals surface area contributed by atoms with E-state index in [1.54, 1.807) is 11.0 Å². The van der Waals surface area contributed by atoms with Gasteiger partial charge in [-0.25, -0.2) is 0 Å². The molecule has 0 aliphatic carbocycles. The minimum atomic E-state index is -1.31. The number of hydrogen-bond donors (Lipinski definition) is 2. The Morgan fingerprint density at radius 1 is 1.23 bits per heavy atom. The highest BCUT2D eigenvalue weighted by Crippen LogP contribution is 2.60. The van der Waals surface area contributed by atoms with Crippen molar-refractivity contribution in [2.45, 2.75) is 69.2 Å². The predicted molar refractivity (Wildman–Crippen MR) is 153 cm³/mol. The van der Waals surface area contributed by atoms with Crippen LogP contribution in [0.3, 0.4) is 0 Å². The SMILES string of the molecule is C=CCN(C(=O)[C@@H]1N([C@@H](CO)[C@@H](C)CC)C(=O)[C@H]2[C@H](C(=O)O)[C@H]3O[C@@]12CC3Br)c1ccc(N(CC)CC)cc1. The van der Waals surface area contributed by atoms with Crippen LogP contribution in [0, 0.1) is 17.8 Å². The molecule has 1 aromatic carbocycles. The Morgan fingerprint density at radius 2 is 1.85 bits per heavy atom. The average molecular weight is 607 g/mol. The lowest BCUT2D eigenvalue weighted by atomic mass is 9.70. The van der Waals surface area contributed by atoms with Crippen molar-refractivity contribution in [2.75, 3.05) is 36.0 Å². The van der Waals surface area contributed by atoms with E-state index in [0.717, 1.165) is 18.8 Å². The number of aliphatic hydroxyl groups is 1. The molecule has 0 radical (unpaired) electrons. The van der Waals surface area contributed by atoms with Crippen LogP contribution in [0.2, 0.25) is 0 Å². The molecule has 0 aromatic heterocycles. The van der Waals surface area contributed by atoms with Gasteiger partial charge in [0.1, 0.15) is 11.6 Å². The molecule has 4 rings (SSSR count). The summed E-state index contributed by atoms with van der Waals surface area (Å²) in [5.74, 6) is -4.11. The zero-order valence-electron chi connectivity index (χ0n) is 23.1. The fraction of sp³-hybridized carbons (Fsp3) is 0.621. The topological polar surface area (TPSA) is 111 Å². The Bertz CT molecular complexity index is 1090. The molecule has 214 valence electrons. The first-order chi connectivity index (χ1) is 18.6. The van der Waals surface area contributed by atoms with E-state index in [2.05, 4.69) is 41.3 Å². The lowest BCUT2D eigenvalue weighted by Crippen LogP contribution is -2.60. The van der Waals surface area contributed by atoms with E-state index in [1.807, 2.05) is 38.1 Å². The fourth-order valence-electron chi connectivity index (χ4n) is 6.83. The van der Waals surface area contributed by atoms with Gasteiger partial charge in [-0.05, 0) is 50.5 Å². The molecule has 1 spiro atoms. The lowest BCUT2D eigenvalue weighted by molar-refractivity contribution is -0.151. The number of rotatable bonds is 12. The third kappa shape index (κ3) is 4.68. The molecular formula is C29H40BrN3O6. The number of hydrogen-bond acceptors (Lipinski definition) is 6. The standard InChI is InChI=1S/C29H40BrN3O6/c1-6-14-32(19-12-10-18(11-13-19)31(8-3)9-4)27(36)25-29-15-20(30)24(39-29)22(28(37)38)23(29)26(35)33(25)21(16-34)17(5)7-2/h6,10-13,17,20-25,34H,1,7-9,14-16H2,2-5H3,(H,37,38)/t17-,20?,21-,22-,23+,24-,25-,29+/m0/s1. The normalized spacial score (nSPS) is 30.7. The van der Waals surface area contributed by atoms with Gasteiger partial charge < -0.3 is 29.6 Å². The van der Waals surface area contributed by atoms with E-state index in [4.69, 9.17) is 4.74 Å². The van der Waals surface area contributed by atoms with E-state index < -0.39 is 47.5 Å². The molecule has 1 unspecified atom stereocenters. The summed E-state index contributed by atoms with van der Waals surface area (Å²) in [6.07, 6.45) is 1.91. The highest BCUT2D eigenvalue weighted by atomic mass is 79.9. The highest BCUT2D eigenvalue weighted by Gasteiger charge is 2.77. The Hall–Kier alpha value is -2.43. The molecule has 1 aromatic rings. The molecular weight excluding hydrogens is 566 g/mol. The lowest BCUT2D eigenvalue weighted by Gasteiger charge is -2.41. The minimum absolute atomic E-state index is 0.120. The van der Waals surface area contributed by atoms with Crippen LogP contribution in [0.4, 0.5) is 11.4 Å². The summed E-state index contributed by atoms with van der Waals surface area (Å²) in [4.78, 5) is 46.0. The number of carbonyl (C=O) groups excluding carboxylic acids is 2. The number of fused-ring (bicyclic) bond motifs is 1. The van der Waals surface area contributed by atoms with E-state index in [-0.39, 0.29) is 29.8 Å². The monoisotopic (exact) mass is 605 g/mol. The van der Waals surface area contributed by atoms with Crippen LogP contribution >= 0.6 is 15.9 Å². The summed E-state index contributed by atoms with van der Waals surface area (Å²) < 4.78 is 6.40. The number of halogens is 1. The van der Waals surface area contributed by atoms with Gasteiger partial charge in [0.05, 0.1) is 30.6 Å². The first-order valence-electron chi connectivity index (χ1n) is 13.9. The van der Waals surface area contributed by atoms with Gasteiger partial charge in [-0.15, -0.1) is 6.58 Å². The van der Waals surface area contributed by atoms with E-state index in [9.17, 15) is 24.6 Å². The maximum Gasteiger partial charge on any atom is 0.310 e. The number of nitrogens with zero attached hydrogens (tertiary/aromatic N) is 3. The number of aliphatic hydroxyl groups excluding tert-OH is 1. The van der Waals surface area contributed by atoms with E-state index >= 15 is 0 Å². The Labute approximate surface area is 238 Å². The van der Waals surface area contributed by atoms with Crippen molar-refractivity contribution >= 4 is 45.1 Å².